The number of hydrogen-bond donors (Lipinski definition) is 2. The number of aliphatic hydroxyl groups is 2. The van der Waals surface area contributed by atoms with E-state index in [-0.39, 0.29) is 40.5 Å². The van der Waals surface area contributed by atoms with Gasteiger partial charge in [0.2, 0.25) is 0 Å². The number of nitrogens with zero attached hydrogens (tertiary/aromatic N) is 2. The summed E-state index contributed by atoms with van der Waals surface area (Å²) in [5, 5.41) is 16.7. The van der Waals surface area contributed by atoms with Crippen LogP contribution in [0.15, 0.2) is 0 Å². The van der Waals surface area contributed by atoms with E-state index in [0.29, 0.717) is 21.7 Å². The van der Waals surface area contributed by atoms with Gasteiger partial charge < -0.3 is 69.7 Å². The molecule has 9 heteroatoms. The molecule has 0 bridgehead atoms. The summed E-state index contributed by atoms with van der Waals surface area (Å²) in [5.74, 6) is 0. The van der Waals surface area contributed by atoms with Crippen molar-refractivity contribution in [3.8, 4) is 0 Å². The van der Waals surface area contributed by atoms with Crippen LogP contribution in [0, 0.1) is 0 Å². The molecule has 0 saturated heterocycles. The summed E-state index contributed by atoms with van der Waals surface area (Å²) in [6.45, 7) is 1.27. The van der Waals surface area contributed by atoms with E-state index < -0.39 is 0 Å². The fraction of sp³-hybridized carbons (Fsp3) is 0.750. The molecule has 0 aliphatic heterocycles. The Bertz CT molecular complexity index is 200. The molecule has 96 valence electrons. The third-order valence-corrected chi connectivity index (χ3v) is 2.74. The van der Waals surface area contributed by atoms with Gasteiger partial charge in [0, 0.05) is 27.2 Å². The van der Waals surface area contributed by atoms with E-state index >= 15 is 0 Å². The van der Waals surface area contributed by atoms with Crippen molar-refractivity contribution in [2.24, 2.45) is 0 Å². The minimum atomic E-state index is 0. The van der Waals surface area contributed by atoms with Gasteiger partial charge in [-0.2, -0.15) is 0 Å². The van der Waals surface area contributed by atoms with E-state index in [4.69, 9.17) is 10.2 Å². The maximum atomic E-state index is 8.34. The number of likely N-dealkylation sites (N-methyl/N-ethyl adjacent to an activating group) is 2. The number of rotatable bonds is 4. The molecule has 0 rings (SSSR count). The Morgan fingerprint density at radius 3 is 1.24 bits per heavy atom. The molecule has 0 atom stereocenters. The molecule has 0 radical (unpaired) electrons. The van der Waals surface area contributed by atoms with Crippen molar-refractivity contribution in [1.29, 1.82) is 0 Å². The predicted octanol–water partition coefficient (Wildman–Crippen LogP) is -0.518. The van der Waals surface area contributed by atoms with Crippen LogP contribution in [-0.2, 0) is 52.6 Å². The average molecular weight is 413 g/mol. The zero-order valence-corrected chi connectivity index (χ0v) is 17.3. The van der Waals surface area contributed by atoms with Crippen LogP contribution in [-0.4, -0.2) is 69.1 Å². The molecule has 0 aromatic heterocycles. The minimum Gasteiger partial charge on any atom is -0.411 e. The molecule has 17 heavy (non-hydrogen) atoms. The van der Waals surface area contributed by atoms with Crippen molar-refractivity contribution >= 4 is 58.3 Å². The van der Waals surface area contributed by atoms with Crippen molar-refractivity contribution < 1.29 is 37.5 Å². The standard InChI is InChI=1S/2C4H9NOS2.Cd/c2*1-5(2-3-6)4(7)8;/h2*6H,2-3H2,1H3,(H,7,8);/q;;+2/p-2. The molecule has 2 N–H and O–H groups in total. The quantitative estimate of drug-likeness (QED) is 0.363. The van der Waals surface area contributed by atoms with Gasteiger partial charge in [0.1, 0.15) is 0 Å². The summed E-state index contributed by atoms with van der Waals surface area (Å²) in [6.07, 6.45) is 0. The molecular formula is C8H16CdN2O2S4. The largest absolute Gasteiger partial charge is 2.00 e. The van der Waals surface area contributed by atoms with Gasteiger partial charge in [0.15, 0.2) is 0 Å². The van der Waals surface area contributed by atoms with Gasteiger partial charge in [0.05, 0.1) is 13.2 Å². The molecule has 0 heterocycles. The van der Waals surface area contributed by atoms with Crippen LogP contribution in [0.4, 0.5) is 0 Å². The van der Waals surface area contributed by atoms with Gasteiger partial charge in [0.25, 0.3) is 0 Å². The molecule has 4 nitrogen and oxygen atoms in total. The van der Waals surface area contributed by atoms with E-state index in [0.717, 1.165) is 0 Å². The Morgan fingerprint density at radius 2 is 1.18 bits per heavy atom. The number of aliphatic hydroxyl groups excluding tert-OH is 2. The second-order valence-electron chi connectivity index (χ2n) is 2.82. The van der Waals surface area contributed by atoms with Crippen LogP contribution in [0.1, 0.15) is 0 Å². The summed E-state index contributed by atoms with van der Waals surface area (Å²) in [4.78, 5) is 3.29. The molecule has 0 aromatic rings. The molecule has 0 amide bonds. The number of thiocarbonyl (C=S) groups is 2. The van der Waals surface area contributed by atoms with Gasteiger partial charge in [-0.25, -0.2) is 0 Å². The normalized spacial score (nSPS) is 8.24. The van der Waals surface area contributed by atoms with Gasteiger partial charge in [-0.1, -0.05) is 8.64 Å². The molecule has 0 aromatic carbocycles. The maximum absolute atomic E-state index is 8.34. The fourth-order valence-electron chi connectivity index (χ4n) is 0.483. The van der Waals surface area contributed by atoms with Gasteiger partial charge in [-0.05, 0) is 0 Å². The van der Waals surface area contributed by atoms with E-state index in [1.165, 1.54) is 0 Å². The topological polar surface area (TPSA) is 46.9 Å². The maximum Gasteiger partial charge on any atom is 2.00 e. The van der Waals surface area contributed by atoms with Crippen LogP contribution >= 0.6 is 24.4 Å². The van der Waals surface area contributed by atoms with E-state index in [9.17, 15) is 0 Å². The molecular weight excluding hydrogens is 397 g/mol. The number of hydrogen-bond acceptors (Lipinski definition) is 6. The first-order valence-electron chi connectivity index (χ1n) is 4.42. The third-order valence-electron chi connectivity index (χ3n) is 1.49. The Balaban J connectivity index is -0.000000218. The zero-order chi connectivity index (χ0) is 13.1. The predicted molar refractivity (Wildman–Crippen MR) is 79.4 cm³/mol. The van der Waals surface area contributed by atoms with Crippen LogP contribution in [0.5, 0.6) is 0 Å². The Hall–Kier alpha value is 1.06. The Kier molecular flexibility index (Phi) is 20.6. The smallest absolute Gasteiger partial charge is 0.411 e. The Labute approximate surface area is 145 Å². The van der Waals surface area contributed by atoms with Gasteiger partial charge in [-0.15, -0.1) is 0 Å². The molecule has 0 aliphatic rings. The van der Waals surface area contributed by atoms with Gasteiger partial charge in [-0.3, -0.25) is 0 Å². The van der Waals surface area contributed by atoms with E-state index in [1.54, 1.807) is 23.9 Å². The minimum absolute atomic E-state index is 0. The molecule has 0 saturated carbocycles. The van der Waals surface area contributed by atoms with Crippen molar-refractivity contribution in [2.75, 3.05) is 40.4 Å². The SMILES string of the molecule is CN(CCO)C(=S)[S-].CN(CCO)C(=S)[S-].[Cd+2]. The van der Waals surface area contributed by atoms with Gasteiger partial charge >= 0.3 is 27.3 Å². The fourth-order valence-corrected chi connectivity index (χ4v) is 0.848. The molecule has 0 spiro atoms. The first kappa shape index (κ1) is 23.2. The van der Waals surface area contributed by atoms with E-state index in [1.807, 2.05) is 0 Å². The molecule has 0 fully saturated rings. The first-order chi connectivity index (χ1) is 7.36. The monoisotopic (exact) mass is 414 g/mol. The summed E-state index contributed by atoms with van der Waals surface area (Å²) in [5.41, 5.74) is 0. The van der Waals surface area contributed by atoms with Crippen LogP contribution in [0.3, 0.4) is 0 Å². The Morgan fingerprint density at radius 1 is 0.941 bits per heavy atom. The second-order valence-corrected chi connectivity index (χ2v) is 4.89. The summed E-state index contributed by atoms with van der Waals surface area (Å²) in [6, 6.07) is 0. The zero-order valence-electron chi connectivity index (χ0n) is 9.96. The van der Waals surface area contributed by atoms with Crippen LogP contribution < -0.4 is 0 Å². The van der Waals surface area contributed by atoms with E-state index in [2.05, 4.69) is 49.7 Å². The van der Waals surface area contributed by atoms with Crippen molar-refractivity contribution in [3.63, 3.8) is 0 Å². The molecule has 0 unspecified atom stereocenters. The van der Waals surface area contributed by atoms with Crippen molar-refractivity contribution in [3.05, 3.63) is 0 Å². The van der Waals surface area contributed by atoms with Crippen LogP contribution in [0.25, 0.3) is 0 Å². The third kappa shape index (κ3) is 17.1. The van der Waals surface area contributed by atoms with Crippen LogP contribution in [0.2, 0.25) is 0 Å². The summed E-state index contributed by atoms with van der Waals surface area (Å²) < 4.78 is 0.804. The molecule has 0 aliphatic carbocycles. The average Bonchev–Trinajstić information content (AvgIpc) is 2.19. The van der Waals surface area contributed by atoms with Crippen molar-refractivity contribution in [1.82, 2.24) is 9.80 Å². The summed E-state index contributed by atoms with van der Waals surface area (Å²) in [7, 11) is 3.51. The second kappa shape index (κ2) is 15.1. The summed E-state index contributed by atoms with van der Waals surface area (Å²) >= 11 is 18.5. The first-order valence-corrected chi connectivity index (χ1v) is 6.06. The van der Waals surface area contributed by atoms with Crippen molar-refractivity contribution in [2.45, 2.75) is 0 Å².